The molecule has 0 amide bonds. The minimum Gasteiger partial charge on any atom is -0.493 e. The molecule has 0 atom stereocenters. The van der Waals surface area contributed by atoms with E-state index in [0.29, 0.717) is 17.2 Å². The molecule has 0 unspecified atom stereocenters. The maximum Gasteiger partial charge on any atom is 0.183 e. The molecule has 5 nitrogen and oxygen atoms in total. The van der Waals surface area contributed by atoms with Crippen molar-refractivity contribution in [3.8, 4) is 17.2 Å². The first kappa shape index (κ1) is 13.3. The van der Waals surface area contributed by atoms with Crippen LogP contribution in [0.2, 0.25) is 0 Å². The summed E-state index contributed by atoms with van der Waals surface area (Å²) >= 11 is 0. The number of carbonyl (C=O) groups excluding carboxylic acids is 1. The molecule has 5 heteroatoms. The molecule has 0 aliphatic heterocycles. The lowest BCUT2D eigenvalue weighted by Gasteiger charge is -2.13. The average Bonchev–Trinajstić information content (AvgIpc) is 2.36. The van der Waals surface area contributed by atoms with Crippen molar-refractivity contribution >= 4 is 5.78 Å². The molecule has 0 fully saturated rings. The Balaban J connectivity index is 2.89. The molecule has 0 bridgehead atoms. The Kier molecular flexibility index (Phi) is 4.78. The first-order chi connectivity index (χ1) is 8.12. The highest BCUT2D eigenvalue weighted by Gasteiger charge is 2.10. The number of hydrogen-bond donors (Lipinski definition) is 1. The van der Waals surface area contributed by atoms with Crippen molar-refractivity contribution in [2.45, 2.75) is 6.92 Å². The SMILES string of the molecule is COc1cc(C)c(OCC(=O)CN)cc1OC. The van der Waals surface area contributed by atoms with Crippen molar-refractivity contribution in [1.82, 2.24) is 0 Å². The van der Waals surface area contributed by atoms with Crippen molar-refractivity contribution in [2.24, 2.45) is 5.73 Å². The van der Waals surface area contributed by atoms with Crippen LogP contribution >= 0.6 is 0 Å². The largest absolute Gasteiger partial charge is 0.493 e. The Morgan fingerprint density at radius 3 is 2.29 bits per heavy atom. The Labute approximate surface area is 100 Å². The zero-order chi connectivity index (χ0) is 12.8. The first-order valence-electron chi connectivity index (χ1n) is 5.19. The standard InChI is InChI=1S/C12H17NO4/c1-8-4-11(15-2)12(16-3)5-10(8)17-7-9(14)6-13/h4-5H,6-7,13H2,1-3H3. The maximum atomic E-state index is 11.1. The van der Waals surface area contributed by atoms with Crippen LogP contribution in [0.15, 0.2) is 12.1 Å². The molecular formula is C12H17NO4. The third-order valence-electron chi connectivity index (χ3n) is 2.30. The summed E-state index contributed by atoms with van der Waals surface area (Å²) in [6.45, 7) is 1.81. The van der Waals surface area contributed by atoms with Crippen molar-refractivity contribution in [3.63, 3.8) is 0 Å². The molecule has 17 heavy (non-hydrogen) atoms. The summed E-state index contributed by atoms with van der Waals surface area (Å²) in [4.78, 5) is 11.1. The lowest BCUT2D eigenvalue weighted by Crippen LogP contribution is -2.20. The van der Waals surface area contributed by atoms with Gasteiger partial charge in [0.25, 0.3) is 0 Å². The summed E-state index contributed by atoms with van der Waals surface area (Å²) in [5, 5.41) is 0. The molecule has 1 aromatic rings. The molecule has 0 saturated carbocycles. The number of benzene rings is 1. The van der Waals surface area contributed by atoms with Crippen LogP contribution in [0.1, 0.15) is 5.56 Å². The van der Waals surface area contributed by atoms with Gasteiger partial charge in [-0.25, -0.2) is 0 Å². The predicted octanol–water partition coefficient (Wildman–Crippen LogP) is 0.919. The smallest absolute Gasteiger partial charge is 0.183 e. The van der Waals surface area contributed by atoms with Gasteiger partial charge in [0.05, 0.1) is 20.8 Å². The number of rotatable bonds is 6. The highest BCUT2D eigenvalue weighted by Crippen LogP contribution is 2.34. The summed E-state index contributed by atoms with van der Waals surface area (Å²) in [7, 11) is 3.11. The molecule has 1 rings (SSSR count). The van der Waals surface area contributed by atoms with Gasteiger partial charge in [0, 0.05) is 6.07 Å². The summed E-state index contributed by atoms with van der Waals surface area (Å²) < 4.78 is 15.7. The van der Waals surface area contributed by atoms with E-state index in [1.54, 1.807) is 26.4 Å². The van der Waals surface area contributed by atoms with E-state index >= 15 is 0 Å². The molecule has 0 aliphatic carbocycles. The molecule has 0 saturated heterocycles. The Morgan fingerprint density at radius 2 is 1.76 bits per heavy atom. The predicted molar refractivity (Wildman–Crippen MR) is 63.8 cm³/mol. The van der Waals surface area contributed by atoms with Crippen LogP contribution in [0.5, 0.6) is 17.2 Å². The third-order valence-corrected chi connectivity index (χ3v) is 2.30. The monoisotopic (exact) mass is 239 g/mol. The Bertz CT molecular complexity index is 404. The van der Waals surface area contributed by atoms with Gasteiger partial charge in [0.2, 0.25) is 0 Å². The van der Waals surface area contributed by atoms with Crippen LogP contribution in [0.4, 0.5) is 0 Å². The lowest BCUT2D eigenvalue weighted by molar-refractivity contribution is -0.119. The van der Waals surface area contributed by atoms with Crippen LogP contribution in [-0.2, 0) is 4.79 Å². The van der Waals surface area contributed by atoms with E-state index in [1.807, 2.05) is 6.92 Å². The van der Waals surface area contributed by atoms with Crippen LogP contribution in [0, 0.1) is 6.92 Å². The number of ether oxygens (including phenoxy) is 3. The van der Waals surface area contributed by atoms with Gasteiger partial charge in [0.1, 0.15) is 12.4 Å². The highest BCUT2D eigenvalue weighted by atomic mass is 16.5. The zero-order valence-electron chi connectivity index (χ0n) is 10.3. The van der Waals surface area contributed by atoms with Crippen molar-refractivity contribution in [3.05, 3.63) is 17.7 Å². The molecule has 0 aromatic heterocycles. The van der Waals surface area contributed by atoms with Crippen LogP contribution < -0.4 is 19.9 Å². The van der Waals surface area contributed by atoms with Gasteiger partial charge < -0.3 is 19.9 Å². The Hall–Kier alpha value is -1.75. The minimum atomic E-state index is -0.154. The van der Waals surface area contributed by atoms with E-state index in [0.717, 1.165) is 5.56 Å². The number of Topliss-reactive ketones (excluding diaryl/α,β-unsaturated/α-hetero) is 1. The molecule has 1 aromatic carbocycles. The lowest BCUT2D eigenvalue weighted by atomic mass is 10.2. The molecule has 2 N–H and O–H groups in total. The van der Waals surface area contributed by atoms with Gasteiger partial charge in [-0.2, -0.15) is 0 Å². The van der Waals surface area contributed by atoms with Gasteiger partial charge in [-0.15, -0.1) is 0 Å². The fourth-order valence-electron chi connectivity index (χ4n) is 1.33. The van der Waals surface area contributed by atoms with E-state index in [-0.39, 0.29) is 18.9 Å². The molecule has 0 spiro atoms. The second-order valence-electron chi connectivity index (χ2n) is 3.50. The molecule has 0 radical (unpaired) electrons. The fourth-order valence-corrected chi connectivity index (χ4v) is 1.33. The summed E-state index contributed by atoms with van der Waals surface area (Å²) in [5.41, 5.74) is 6.07. The van der Waals surface area contributed by atoms with Gasteiger partial charge in [-0.3, -0.25) is 4.79 Å². The van der Waals surface area contributed by atoms with E-state index in [2.05, 4.69) is 0 Å². The maximum absolute atomic E-state index is 11.1. The highest BCUT2D eigenvalue weighted by molar-refractivity contribution is 5.81. The summed E-state index contributed by atoms with van der Waals surface area (Å²) in [5.74, 6) is 1.62. The number of methoxy groups -OCH3 is 2. The minimum absolute atomic E-state index is 0.0215. The summed E-state index contributed by atoms with van der Waals surface area (Å²) in [6.07, 6.45) is 0. The van der Waals surface area contributed by atoms with Crippen LogP contribution in [0.3, 0.4) is 0 Å². The van der Waals surface area contributed by atoms with Crippen molar-refractivity contribution < 1.29 is 19.0 Å². The van der Waals surface area contributed by atoms with Crippen molar-refractivity contribution in [1.29, 1.82) is 0 Å². The molecular weight excluding hydrogens is 222 g/mol. The Morgan fingerprint density at radius 1 is 1.18 bits per heavy atom. The number of aryl methyl sites for hydroxylation is 1. The van der Waals surface area contributed by atoms with E-state index in [1.165, 1.54) is 0 Å². The second-order valence-corrected chi connectivity index (χ2v) is 3.50. The van der Waals surface area contributed by atoms with E-state index in [9.17, 15) is 4.79 Å². The normalized spacial score (nSPS) is 9.88. The number of ketones is 1. The topological polar surface area (TPSA) is 70.8 Å². The van der Waals surface area contributed by atoms with Gasteiger partial charge >= 0.3 is 0 Å². The average molecular weight is 239 g/mol. The number of nitrogens with two attached hydrogens (primary N) is 1. The molecule has 0 aliphatic rings. The van der Waals surface area contributed by atoms with E-state index in [4.69, 9.17) is 19.9 Å². The van der Waals surface area contributed by atoms with E-state index < -0.39 is 0 Å². The van der Waals surface area contributed by atoms with Gasteiger partial charge in [-0.1, -0.05) is 0 Å². The first-order valence-corrected chi connectivity index (χ1v) is 5.19. The van der Waals surface area contributed by atoms with Crippen molar-refractivity contribution in [2.75, 3.05) is 27.4 Å². The zero-order valence-corrected chi connectivity index (χ0v) is 10.3. The van der Waals surface area contributed by atoms with Crippen LogP contribution in [-0.4, -0.2) is 33.2 Å². The quantitative estimate of drug-likeness (QED) is 0.799. The third kappa shape index (κ3) is 3.35. The number of carbonyl (C=O) groups is 1. The van der Waals surface area contributed by atoms with Gasteiger partial charge in [0.15, 0.2) is 17.3 Å². The fraction of sp³-hybridized carbons (Fsp3) is 0.417. The number of hydrogen-bond acceptors (Lipinski definition) is 5. The van der Waals surface area contributed by atoms with Gasteiger partial charge in [-0.05, 0) is 18.6 Å². The molecule has 94 valence electrons. The van der Waals surface area contributed by atoms with Crippen LogP contribution in [0.25, 0.3) is 0 Å². The summed E-state index contributed by atoms with van der Waals surface area (Å²) in [6, 6.07) is 3.49. The molecule has 0 heterocycles. The second kappa shape index (κ2) is 6.10.